The molecule has 0 heterocycles. The van der Waals surface area contributed by atoms with Crippen molar-refractivity contribution in [2.24, 2.45) is 0 Å². The molecule has 2 amide bonds. The van der Waals surface area contributed by atoms with Crippen LogP contribution in [-0.4, -0.2) is 58.5 Å². The van der Waals surface area contributed by atoms with Gasteiger partial charge in [0, 0.05) is 35.6 Å². The first-order chi connectivity index (χ1) is 22.1. The van der Waals surface area contributed by atoms with Crippen molar-refractivity contribution in [2.45, 2.75) is 30.8 Å². The first-order valence-electron chi connectivity index (χ1n) is 14.4. The number of sulfonamides is 1. The maximum absolute atomic E-state index is 14.5. The number of methoxy groups -OCH3 is 2. The molecule has 242 valence electrons. The highest BCUT2D eigenvalue weighted by atomic mass is 35.5. The zero-order valence-corrected chi connectivity index (χ0v) is 28.0. The van der Waals surface area contributed by atoms with Crippen LogP contribution < -0.4 is 19.1 Å². The number of hydrogen-bond acceptors (Lipinski definition) is 6. The molecular weight excluding hydrogens is 649 g/mol. The largest absolute Gasteiger partial charge is 0.493 e. The Balaban J connectivity index is 1.81. The third-order valence-electron chi connectivity index (χ3n) is 7.22. The zero-order chi connectivity index (χ0) is 33.3. The summed E-state index contributed by atoms with van der Waals surface area (Å²) in [4.78, 5) is 29.3. The second kappa shape index (κ2) is 15.8. The lowest BCUT2D eigenvalue weighted by atomic mass is 10.0. The van der Waals surface area contributed by atoms with Crippen LogP contribution in [0.3, 0.4) is 0 Å². The van der Waals surface area contributed by atoms with E-state index in [0.717, 1.165) is 9.87 Å². The Morgan fingerprint density at radius 2 is 1.41 bits per heavy atom. The van der Waals surface area contributed by atoms with Gasteiger partial charge >= 0.3 is 0 Å². The van der Waals surface area contributed by atoms with Gasteiger partial charge in [-0.15, -0.1) is 0 Å². The Labute approximate surface area is 279 Å². The molecule has 12 heteroatoms. The number of benzene rings is 4. The first-order valence-corrected chi connectivity index (χ1v) is 16.6. The predicted molar refractivity (Wildman–Crippen MR) is 180 cm³/mol. The Morgan fingerprint density at radius 1 is 0.804 bits per heavy atom. The third-order valence-corrected chi connectivity index (χ3v) is 9.50. The molecule has 0 unspecified atom stereocenters. The molecule has 0 aliphatic heterocycles. The highest BCUT2D eigenvalue weighted by Gasteiger charge is 2.35. The van der Waals surface area contributed by atoms with E-state index >= 15 is 0 Å². The predicted octanol–water partition coefficient (Wildman–Crippen LogP) is 5.98. The first kappa shape index (κ1) is 34.6. The average molecular weight is 685 g/mol. The lowest BCUT2D eigenvalue weighted by Crippen LogP contribution is -2.53. The lowest BCUT2D eigenvalue weighted by molar-refractivity contribution is -0.140. The molecule has 1 atom stereocenters. The van der Waals surface area contributed by atoms with Crippen molar-refractivity contribution in [3.8, 4) is 11.5 Å². The molecule has 0 aliphatic rings. The highest BCUT2D eigenvalue weighted by molar-refractivity contribution is 7.92. The summed E-state index contributed by atoms with van der Waals surface area (Å²) >= 11 is 12.3. The Bertz CT molecular complexity index is 1740. The van der Waals surface area contributed by atoms with Crippen LogP contribution in [0, 0.1) is 0 Å². The van der Waals surface area contributed by atoms with E-state index in [4.69, 9.17) is 32.7 Å². The number of carbonyl (C=O) groups is 2. The summed E-state index contributed by atoms with van der Waals surface area (Å²) in [6.07, 6.45) is 0.204. The molecule has 46 heavy (non-hydrogen) atoms. The smallest absolute Gasteiger partial charge is 0.264 e. The minimum absolute atomic E-state index is 0.0233. The van der Waals surface area contributed by atoms with Crippen molar-refractivity contribution in [1.82, 2.24) is 10.2 Å². The molecule has 0 radical (unpaired) electrons. The number of ether oxygens (including phenoxy) is 2. The Morgan fingerprint density at radius 3 is 2.00 bits per heavy atom. The van der Waals surface area contributed by atoms with Crippen LogP contribution in [0.5, 0.6) is 11.5 Å². The van der Waals surface area contributed by atoms with Crippen LogP contribution in [0.1, 0.15) is 18.1 Å². The maximum atomic E-state index is 14.5. The monoisotopic (exact) mass is 683 g/mol. The number of nitrogens with zero attached hydrogens (tertiary/aromatic N) is 2. The second-order valence-corrected chi connectivity index (χ2v) is 13.0. The molecule has 1 N–H and O–H groups in total. The van der Waals surface area contributed by atoms with Crippen molar-refractivity contribution in [2.75, 3.05) is 31.6 Å². The average Bonchev–Trinajstić information content (AvgIpc) is 3.06. The molecule has 0 aliphatic carbocycles. The van der Waals surface area contributed by atoms with Crippen LogP contribution in [0.25, 0.3) is 0 Å². The molecule has 9 nitrogen and oxygen atoms in total. The van der Waals surface area contributed by atoms with E-state index in [1.807, 2.05) is 30.3 Å². The number of anilines is 1. The lowest BCUT2D eigenvalue weighted by Gasteiger charge is -2.34. The van der Waals surface area contributed by atoms with Gasteiger partial charge in [-0.2, -0.15) is 0 Å². The summed E-state index contributed by atoms with van der Waals surface area (Å²) in [6, 6.07) is 25.6. The number of hydrogen-bond donors (Lipinski definition) is 1. The van der Waals surface area contributed by atoms with E-state index in [9.17, 15) is 18.0 Å². The van der Waals surface area contributed by atoms with Gasteiger partial charge in [-0.1, -0.05) is 65.7 Å². The van der Waals surface area contributed by atoms with Gasteiger partial charge in [0.15, 0.2) is 11.5 Å². The van der Waals surface area contributed by atoms with Crippen LogP contribution in [0.15, 0.2) is 102 Å². The maximum Gasteiger partial charge on any atom is 0.264 e. The zero-order valence-electron chi connectivity index (χ0n) is 25.7. The molecule has 4 aromatic rings. The number of carbonyl (C=O) groups excluding carboxylic acids is 2. The van der Waals surface area contributed by atoms with Crippen LogP contribution in [0.4, 0.5) is 5.69 Å². The fourth-order valence-corrected chi connectivity index (χ4v) is 6.55. The molecule has 0 bridgehead atoms. The van der Waals surface area contributed by atoms with Gasteiger partial charge in [-0.05, 0) is 66.6 Å². The number of likely N-dealkylation sites (N-methyl/N-ethyl adjacent to an activating group) is 1. The van der Waals surface area contributed by atoms with Gasteiger partial charge in [0.25, 0.3) is 10.0 Å². The van der Waals surface area contributed by atoms with Crippen LogP contribution in [0.2, 0.25) is 10.0 Å². The minimum Gasteiger partial charge on any atom is -0.493 e. The van der Waals surface area contributed by atoms with Crippen molar-refractivity contribution >= 4 is 50.7 Å². The van der Waals surface area contributed by atoms with Gasteiger partial charge in [0.1, 0.15) is 12.6 Å². The summed E-state index contributed by atoms with van der Waals surface area (Å²) in [5.74, 6) is -0.416. The molecule has 0 saturated heterocycles. The van der Waals surface area contributed by atoms with Gasteiger partial charge in [0.05, 0.1) is 24.8 Å². The highest BCUT2D eigenvalue weighted by Crippen LogP contribution is 2.33. The van der Waals surface area contributed by atoms with E-state index in [1.165, 1.54) is 61.6 Å². The topological polar surface area (TPSA) is 105 Å². The fourth-order valence-electron chi connectivity index (χ4n) is 4.87. The van der Waals surface area contributed by atoms with Gasteiger partial charge in [-0.25, -0.2) is 8.42 Å². The summed E-state index contributed by atoms with van der Waals surface area (Å²) in [5, 5.41) is 3.75. The summed E-state index contributed by atoms with van der Waals surface area (Å²) < 4.78 is 40.2. The number of rotatable bonds is 14. The van der Waals surface area contributed by atoms with Gasteiger partial charge in [-0.3, -0.25) is 13.9 Å². The van der Waals surface area contributed by atoms with Crippen molar-refractivity contribution in [3.63, 3.8) is 0 Å². The standard InChI is InChI=1S/C34H35Cl2N3O6S/c1-4-37-34(41)30(20-24-8-6-5-7-9-24)38(22-25-10-12-26(35)13-11-25)33(40)23-39(28-16-14-27(36)15-17-28)46(42,43)29-18-19-31(44-2)32(21-29)45-3/h5-19,21,30H,4,20,22-23H2,1-3H3,(H,37,41)/t30-/m1/s1. The molecule has 4 rings (SSSR count). The number of amides is 2. The molecule has 0 aromatic heterocycles. The van der Waals surface area contributed by atoms with Crippen LogP contribution in [-0.2, 0) is 32.6 Å². The van der Waals surface area contributed by atoms with E-state index in [0.29, 0.717) is 27.9 Å². The summed E-state index contributed by atoms with van der Waals surface area (Å²) in [5.41, 5.74) is 1.75. The SMILES string of the molecule is CCNC(=O)[C@@H](Cc1ccccc1)N(Cc1ccc(Cl)cc1)C(=O)CN(c1ccc(Cl)cc1)S(=O)(=O)c1ccc(OC)c(OC)c1. The quantitative estimate of drug-likeness (QED) is 0.175. The molecular formula is C34H35Cl2N3O6S. The summed E-state index contributed by atoms with van der Waals surface area (Å²) in [6.45, 7) is 1.55. The van der Waals surface area contributed by atoms with Crippen LogP contribution >= 0.6 is 23.2 Å². The van der Waals surface area contributed by atoms with Crippen molar-refractivity contribution < 1.29 is 27.5 Å². The second-order valence-electron chi connectivity index (χ2n) is 10.3. The van der Waals surface area contributed by atoms with Gasteiger partial charge < -0.3 is 19.7 Å². The summed E-state index contributed by atoms with van der Waals surface area (Å²) in [7, 11) is -1.51. The Hall–Kier alpha value is -4.25. The molecule has 0 saturated carbocycles. The third kappa shape index (κ3) is 8.51. The van der Waals surface area contributed by atoms with Crippen molar-refractivity contribution in [3.05, 3.63) is 118 Å². The molecule has 4 aromatic carbocycles. The van der Waals surface area contributed by atoms with Crippen molar-refractivity contribution in [1.29, 1.82) is 0 Å². The van der Waals surface area contributed by atoms with E-state index in [-0.39, 0.29) is 35.2 Å². The van der Waals surface area contributed by atoms with Gasteiger partial charge in [0.2, 0.25) is 11.8 Å². The number of nitrogens with one attached hydrogen (secondary N) is 1. The Kier molecular flexibility index (Phi) is 11.9. The molecule has 0 fully saturated rings. The normalized spacial score (nSPS) is 11.8. The van der Waals surface area contributed by atoms with E-state index < -0.39 is 28.5 Å². The molecule has 0 spiro atoms. The fraction of sp³-hybridized carbons (Fsp3) is 0.235. The van der Waals surface area contributed by atoms with E-state index in [1.54, 1.807) is 31.2 Å². The number of halogens is 2. The minimum atomic E-state index is -4.36. The van der Waals surface area contributed by atoms with E-state index in [2.05, 4.69) is 5.32 Å².